The Labute approximate surface area is 106 Å². The van der Waals surface area contributed by atoms with Gasteiger partial charge in [-0.05, 0) is 6.07 Å². The first-order chi connectivity index (χ1) is 6.43. The lowest BCUT2D eigenvalue weighted by Crippen LogP contribution is -2.20. The van der Waals surface area contributed by atoms with E-state index in [9.17, 15) is 4.79 Å². The zero-order valence-corrected chi connectivity index (χ0v) is 11.1. The monoisotopic (exact) mass is 358 g/mol. The van der Waals surface area contributed by atoms with Gasteiger partial charge in [-0.15, -0.1) is 0 Å². The summed E-state index contributed by atoms with van der Waals surface area (Å²) < 4.78 is -1.01. The van der Waals surface area contributed by atoms with Gasteiger partial charge >= 0.3 is 0 Å². The SMILES string of the molecule is O=C1Nc2nc(Cl)cc(Cl)c2C1(Br)Br. The molecule has 1 aromatic heterocycles. The van der Waals surface area contributed by atoms with Crippen molar-refractivity contribution in [3.05, 3.63) is 21.8 Å². The van der Waals surface area contributed by atoms with E-state index in [1.54, 1.807) is 0 Å². The molecular formula is C7H2Br2Cl2N2O. The van der Waals surface area contributed by atoms with Crippen molar-refractivity contribution in [2.45, 2.75) is 3.23 Å². The van der Waals surface area contributed by atoms with Gasteiger partial charge in [0.2, 0.25) is 0 Å². The molecule has 0 unspecified atom stereocenters. The van der Waals surface area contributed by atoms with E-state index in [1.807, 2.05) is 0 Å². The number of nitrogens with one attached hydrogen (secondary N) is 1. The molecule has 0 saturated heterocycles. The lowest BCUT2D eigenvalue weighted by atomic mass is 10.2. The molecule has 3 nitrogen and oxygen atoms in total. The molecule has 0 fully saturated rings. The van der Waals surface area contributed by atoms with Gasteiger partial charge in [0.1, 0.15) is 11.0 Å². The molecule has 74 valence electrons. The van der Waals surface area contributed by atoms with Crippen LogP contribution in [-0.4, -0.2) is 10.9 Å². The van der Waals surface area contributed by atoms with Crippen LogP contribution >= 0.6 is 55.1 Å². The zero-order valence-electron chi connectivity index (χ0n) is 6.44. The van der Waals surface area contributed by atoms with Gasteiger partial charge < -0.3 is 5.32 Å². The lowest BCUT2D eigenvalue weighted by molar-refractivity contribution is -0.115. The molecule has 0 radical (unpaired) electrons. The quantitative estimate of drug-likeness (QED) is 0.570. The van der Waals surface area contributed by atoms with Crippen LogP contribution in [0.5, 0.6) is 0 Å². The standard InChI is InChI=1S/C7H2Br2Cl2N2O/c8-7(9)4-2(10)1-3(11)12-5(4)13-6(7)14/h1H,(H,12,13,14). The molecular weight excluding hydrogens is 359 g/mol. The number of hydrogen-bond donors (Lipinski definition) is 1. The van der Waals surface area contributed by atoms with Crippen LogP contribution in [0.3, 0.4) is 0 Å². The Bertz CT molecular complexity index is 436. The Morgan fingerprint density at radius 3 is 2.71 bits per heavy atom. The minimum absolute atomic E-state index is 0.242. The summed E-state index contributed by atoms with van der Waals surface area (Å²) in [6.07, 6.45) is 0. The van der Waals surface area contributed by atoms with Crippen LogP contribution in [0.4, 0.5) is 5.82 Å². The first-order valence-corrected chi connectivity index (χ1v) is 5.83. The molecule has 0 saturated carbocycles. The van der Waals surface area contributed by atoms with Gasteiger partial charge in [-0.1, -0.05) is 55.1 Å². The highest BCUT2D eigenvalue weighted by Gasteiger charge is 2.45. The van der Waals surface area contributed by atoms with E-state index in [-0.39, 0.29) is 11.1 Å². The van der Waals surface area contributed by atoms with Crippen molar-refractivity contribution >= 4 is 66.8 Å². The van der Waals surface area contributed by atoms with Crippen molar-refractivity contribution < 1.29 is 4.79 Å². The van der Waals surface area contributed by atoms with Crippen molar-refractivity contribution in [3.63, 3.8) is 0 Å². The minimum Gasteiger partial charge on any atom is -0.308 e. The van der Waals surface area contributed by atoms with Gasteiger partial charge in [-0.25, -0.2) is 4.98 Å². The molecule has 1 N–H and O–H groups in total. The number of amides is 1. The van der Waals surface area contributed by atoms with E-state index >= 15 is 0 Å². The largest absolute Gasteiger partial charge is 0.308 e. The molecule has 7 heteroatoms. The van der Waals surface area contributed by atoms with Crippen molar-refractivity contribution in [1.29, 1.82) is 0 Å². The van der Waals surface area contributed by atoms with E-state index in [4.69, 9.17) is 23.2 Å². The maximum atomic E-state index is 11.5. The molecule has 0 aromatic carbocycles. The lowest BCUT2D eigenvalue weighted by Gasteiger charge is -2.11. The molecule has 2 rings (SSSR count). The summed E-state index contributed by atoms with van der Waals surface area (Å²) in [5.74, 6) is 0.102. The van der Waals surface area contributed by atoms with Crippen LogP contribution in [0.1, 0.15) is 5.56 Å². The van der Waals surface area contributed by atoms with Crippen LogP contribution in [0, 0.1) is 0 Å². The third-order valence-corrected chi connectivity index (χ3v) is 3.78. The van der Waals surface area contributed by atoms with Gasteiger partial charge in [0.15, 0.2) is 3.23 Å². The summed E-state index contributed by atoms with van der Waals surface area (Å²) in [6.45, 7) is 0. The topological polar surface area (TPSA) is 42.0 Å². The minimum atomic E-state index is -1.01. The number of carbonyl (C=O) groups is 1. The fourth-order valence-corrected chi connectivity index (χ4v) is 2.99. The van der Waals surface area contributed by atoms with Crippen LogP contribution in [-0.2, 0) is 8.03 Å². The molecule has 0 bridgehead atoms. The predicted octanol–water partition coefficient (Wildman–Crippen LogP) is 3.28. The molecule has 0 spiro atoms. The van der Waals surface area contributed by atoms with E-state index < -0.39 is 3.23 Å². The third-order valence-electron chi connectivity index (χ3n) is 1.77. The summed E-state index contributed by atoms with van der Waals surface area (Å²) >= 11 is 18.1. The first-order valence-electron chi connectivity index (χ1n) is 3.48. The highest BCUT2D eigenvalue weighted by Crippen LogP contribution is 2.50. The van der Waals surface area contributed by atoms with Crippen molar-refractivity contribution in [3.8, 4) is 0 Å². The Hall–Kier alpha value is 0.160. The number of fused-ring (bicyclic) bond motifs is 1. The second kappa shape index (κ2) is 3.33. The Balaban J connectivity index is 2.71. The molecule has 14 heavy (non-hydrogen) atoms. The number of halogens is 4. The normalized spacial score (nSPS) is 17.9. The zero-order chi connectivity index (χ0) is 10.5. The second-order valence-corrected chi connectivity index (χ2v) is 6.92. The fourth-order valence-electron chi connectivity index (χ4n) is 1.17. The number of pyridine rings is 1. The molecule has 0 atom stereocenters. The molecule has 1 amide bonds. The molecule has 1 aromatic rings. The van der Waals surface area contributed by atoms with Gasteiger partial charge in [-0.2, -0.15) is 0 Å². The van der Waals surface area contributed by atoms with Gasteiger partial charge in [0, 0.05) is 0 Å². The molecule has 1 aliphatic rings. The third kappa shape index (κ3) is 1.46. The molecule has 0 aliphatic carbocycles. The number of alkyl halides is 2. The average Bonchev–Trinajstić information content (AvgIpc) is 2.21. The van der Waals surface area contributed by atoms with Crippen molar-refractivity contribution in [2.75, 3.05) is 5.32 Å². The Morgan fingerprint density at radius 2 is 2.07 bits per heavy atom. The number of nitrogens with zero attached hydrogens (tertiary/aromatic N) is 1. The summed E-state index contributed by atoms with van der Waals surface area (Å²) in [6, 6.07) is 1.49. The first kappa shape index (κ1) is 10.7. The van der Waals surface area contributed by atoms with E-state index in [1.165, 1.54) is 6.07 Å². The maximum absolute atomic E-state index is 11.5. The average molecular weight is 361 g/mol. The van der Waals surface area contributed by atoms with Crippen LogP contribution in [0.25, 0.3) is 0 Å². The number of anilines is 1. The summed E-state index contributed by atoms with van der Waals surface area (Å²) in [5, 5.41) is 3.18. The van der Waals surface area contributed by atoms with Crippen LogP contribution < -0.4 is 5.32 Å². The number of rotatable bonds is 0. The van der Waals surface area contributed by atoms with E-state index in [0.717, 1.165) is 0 Å². The summed E-state index contributed by atoms with van der Waals surface area (Å²) in [5.41, 5.74) is 0.550. The number of hydrogen-bond acceptors (Lipinski definition) is 2. The van der Waals surface area contributed by atoms with Gasteiger partial charge in [-0.3, -0.25) is 4.79 Å². The Kier molecular flexibility index (Phi) is 2.54. The highest BCUT2D eigenvalue weighted by atomic mass is 79.9. The smallest absolute Gasteiger partial charge is 0.258 e. The number of aromatic nitrogens is 1. The van der Waals surface area contributed by atoms with Gasteiger partial charge in [0.25, 0.3) is 5.91 Å². The van der Waals surface area contributed by atoms with E-state index in [0.29, 0.717) is 16.4 Å². The van der Waals surface area contributed by atoms with E-state index in [2.05, 4.69) is 42.2 Å². The molecule has 1 aliphatic heterocycles. The second-order valence-electron chi connectivity index (χ2n) is 2.68. The van der Waals surface area contributed by atoms with Crippen LogP contribution in [0.2, 0.25) is 10.2 Å². The summed E-state index contributed by atoms with van der Waals surface area (Å²) in [4.78, 5) is 15.4. The Morgan fingerprint density at radius 1 is 1.43 bits per heavy atom. The van der Waals surface area contributed by atoms with Crippen LogP contribution in [0.15, 0.2) is 6.07 Å². The van der Waals surface area contributed by atoms with Crippen molar-refractivity contribution in [2.24, 2.45) is 0 Å². The summed E-state index contributed by atoms with van der Waals surface area (Å²) in [7, 11) is 0. The van der Waals surface area contributed by atoms with Crippen molar-refractivity contribution in [1.82, 2.24) is 4.98 Å². The highest BCUT2D eigenvalue weighted by molar-refractivity contribution is 9.25. The fraction of sp³-hybridized carbons (Fsp3) is 0.143. The maximum Gasteiger partial charge on any atom is 0.258 e. The molecule has 2 heterocycles. The van der Waals surface area contributed by atoms with Gasteiger partial charge in [0.05, 0.1) is 10.6 Å². The predicted molar refractivity (Wildman–Crippen MR) is 62.4 cm³/mol. The number of carbonyl (C=O) groups excluding carboxylic acids is 1.